The molecule has 1 amide bonds. The summed E-state index contributed by atoms with van der Waals surface area (Å²) in [6, 6.07) is 18.9. The summed E-state index contributed by atoms with van der Waals surface area (Å²) in [6.45, 7) is 1.89. The molecule has 7 nitrogen and oxygen atoms in total. The lowest BCUT2D eigenvalue weighted by atomic mass is 9.94. The van der Waals surface area contributed by atoms with Crippen LogP contribution in [0.5, 0.6) is 11.5 Å². The van der Waals surface area contributed by atoms with Gasteiger partial charge in [-0.2, -0.15) is 0 Å². The zero-order valence-corrected chi connectivity index (χ0v) is 22.1. The van der Waals surface area contributed by atoms with Crippen LogP contribution in [-0.2, 0) is 4.79 Å². The Hall–Kier alpha value is -3.24. The number of rotatable bonds is 5. The van der Waals surface area contributed by atoms with Crippen LogP contribution >= 0.6 is 34.2 Å². The molecule has 0 saturated heterocycles. The summed E-state index contributed by atoms with van der Waals surface area (Å²) in [7, 11) is 3.05. The van der Waals surface area contributed by atoms with Gasteiger partial charge in [-0.15, -0.1) is 0 Å². The van der Waals surface area contributed by atoms with E-state index >= 15 is 0 Å². The van der Waals surface area contributed by atoms with Gasteiger partial charge >= 0.3 is 0 Å². The fourth-order valence-electron chi connectivity index (χ4n) is 4.40. The Morgan fingerprint density at radius 1 is 1.09 bits per heavy atom. The number of fused-ring (bicyclic) bond motifs is 3. The van der Waals surface area contributed by atoms with E-state index in [0.717, 1.165) is 20.2 Å². The van der Waals surface area contributed by atoms with E-state index in [0.29, 0.717) is 39.4 Å². The van der Waals surface area contributed by atoms with Gasteiger partial charge < -0.3 is 20.1 Å². The van der Waals surface area contributed by atoms with E-state index in [4.69, 9.17) is 26.1 Å². The van der Waals surface area contributed by atoms with Crippen LogP contribution in [0.1, 0.15) is 18.5 Å². The molecule has 9 heteroatoms. The minimum Gasteiger partial charge on any atom is -0.495 e. The lowest BCUT2D eigenvalue weighted by Crippen LogP contribution is -2.31. The molecular weight excluding hydrogens is 579 g/mol. The highest BCUT2D eigenvalue weighted by Crippen LogP contribution is 2.41. The lowest BCUT2D eigenvalue weighted by Gasteiger charge is -2.31. The van der Waals surface area contributed by atoms with Crippen LogP contribution in [0.15, 0.2) is 71.9 Å². The van der Waals surface area contributed by atoms with E-state index in [-0.39, 0.29) is 5.91 Å². The van der Waals surface area contributed by atoms with Crippen molar-refractivity contribution in [3.63, 3.8) is 0 Å². The van der Waals surface area contributed by atoms with Crippen molar-refractivity contribution in [2.45, 2.75) is 13.0 Å². The third-order valence-corrected chi connectivity index (χ3v) is 6.93. The third-order valence-electron chi connectivity index (χ3n) is 5.96. The number of para-hydroxylation sites is 2. The van der Waals surface area contributed by atoms with Gasteiger partial charge in [0, 0.05) is 21.4 Å². The van der Waals surface area contributed by atoms with Gasteiger partial charge in [0.2, 0.25) is 5.95 Å². The number of nitrogens with one attached hydrogen (secondary N) is 2. The maximum absolute atomic E-state index is 13.9. The van der Waals surface area contributed by atoms with Crippen LogP contribution in [0.25, 0.3) is 11.0 Å². The number of carbonyl (C=O) groups excluding carboxylic acids is 1. The SMILES string of the molecule is COc1cc(NC(=O)C2=C(C)Nc3nc4ccccc4n3[C@H]2c2cccc(I)c2)c(OC)cc1Cl. The highest BCUT2D eigenvalue weighted by Gasteiger charge is 2.34. The van der Waals surface area contributed by atoms with E-state index in [1.165, 1.54) is 14.2 Å². The van der Waals surface area contributed by atoms with E-state index in [1.54, 1.807) is 12.1 Å². The molecule has 3 aromatic carbocycles. The van der Waals surface area contributed by atoms with Gasteiger partial charge in [0.1, 0.15) is 11.5 Å². The van der Waals surface area contributed by atoms with E-state index in [9.17, 15) is 4.79 Å². The number of hydrogen-bond acceptors (Lipinski definition) is 5. The average Bonchev–Trinajstić information content (AvgIpc) is 3.21. The molecule has 0 radical (unpaired) electrons. The monoisotopic (exact) mass is 600 g/mol. The number of halogens is 2. The molecule has 5 rings (SSSR count). The molecule has 2 heterocycles. The number of aromatic nitrogens is 2. The van der Waals surface area contributed by atoms with Gasteiger partial charge in [-0.05, 0) is 59.3 Å². The van der Waals surface area contributed by atoms with Gasteiger partial charge in [-0.1, -0.05) is 35.9 Å². The first-order chi connectivity index (χ1) is 16.9. The molecule has 1 aliphatic rings. The van der Waals surface area contributed by atoms with Crippen LogP contribution < -0.4 is 20.1 Å². The maximum Gasteiger partial charge on any atom is 0.255 e. The molecule has 0 fully saturated rings. The molecule has 0 bridgehead atoms. The number of benzene rings is 3. The molecule has 35 heavy (non-hydrogen) atoms. The molecule has 1 aromatic heterocycles. The second-order valence-corrected chi connectivity index (χ2v) is 9.71. The summed E-state index contributed by atoms with van der Waals surface area (Å²) in [5.41, 5.74) is 4.51. The van der Waals surface area contributed by atoms with Crippen molar-refractivity contribution in [3.05, 3.63) is 86.1 Å². The van der Waals surface area contributed by atoms with Crippen LogP contribution in [0.3, 0.4) is 0 Å². The summed E-state index contributed by atoms with van der Waals surface area (Å²) >= 11 is 8.54. The number of imidazole rings is 1. The van der Waals surface area contributed by atoms with Crippen molar-refractivity contribution in [3.8, 4) is 11.5 Å². The van der Waals surface area contributed by atoms with Crippen molar-refractivity contribution >= 4 is 62.8 Å². The Morgan fingerprint density at radius 3 is 2.60 bits per heavy atom. The first-order valence-electron chi connectivity index (χ1n) is 10.8. The maximum atomic E-state index is 13.9. The van der Waals surface area contributed by atoms with Crippen LogP contribution in [0.2, 0.25) is 5.02 Å². The van der Waals surface area contributed by atoms with Crippen molar-refractivity contribution in [2.75, 3.05) is 24.9 Å². The number of ether oxygens (including phenoxy) is 2. The molecule has 2 N–H and O–H groups in total. The van der Waals surface area contributed by atoms with E-state index in [1.807, 2.05) is 49.4 Å². The fraction of sp³-hybridized carbons (Fsp3) is 0.154. The Morgan fingerprint density at radius 2 is 1.86 bits per heavy atom. The Labute approximate surface area is 221 Å². The number of hydrogen-bond donors (Lipinski definition) is 2. The van der Waals surface area contributed by atoms with Crippen molar-refractivity contribution in [1.29, 1.82) is 0 Å². The highest BCUT2D eigenvalue weighted by atomic mass is 127. The molecule has 178 valence electrons. The molecular formula is C26H22ClIN4O3. The van der Waals surface area contributed by atoms with E-state index in [2.05, 4.69) is 43.9 Å². The topological polar surface area (TPSA) is 77.4 Å². The number of amides is 1. The van der Waals surface area contributed by atoms with Crippen molar-refractivity contribution in [2.24, 2.45) is 0 Å². The molecule has 0 saturated carbocycles. The number of anilines is 2. The summed E-state index contributed by atoms with van der Waals surface area (Å²) in [6.07, 6.45) is 0. The van der Waals surface area contributed by atoms with Crippen molar-refractivity contribution < 1.29 is 14.3 Å². The predicted octanol–water partition coefficient (Wildman–Crippen LogP) is 6.24. The number of methoxy groups -OCH3 is 2. The largest absolute Gasteiger partial charge is 0.495 e. The first-order valence-corrected chi connectivity index (χ1v) is 12.3. The predicted molar refractivity (Wildman–Crippen MR) is 147 cm³/mol. The van der Waals surface area contributed by atoms with E-state index < -0.39 is 6.04 Å². The van der Waals surface area contributed by atoms with Crippen LogP contribution in [0, 0.1) is 3.57 Å². The summed E-state index contributed by atoms with van der Waals surface area (Å²) in [5, 5.41) is 6.74. The summed E-state index contributed by atoms with van der Waals surface area (Å²) in [5.74, 6) is 1.29. The first kappa shape index (κ1) is 23.5. The lowest BCUT2D eigenvalue weighted by molar-refractivity contribution is -0.113. The number of allylic oxidation sites excluding steroid dienone is 1. The molecule has 0 aliphatic carbocycles. The molecule has 1 atom stereocenters. The molecule has 4 aromatic rings. The summed E-state index contributed by atoms with van der Waals surface area (Å²) < 4.78 is 14.0. The normalized spacial score (nSPS) is 14.9. The number of carbonyl (C=O) groups is 1. The van der Waals surface area contributed by atoms with Gasteiger partial charge in [0.15, 0.2) is 0 Å². The van der Waals surface area contributed by atoms with Gasteiger partial charge in [0.25, 0.3) is 5.91 Å². The standard InChI is InChI=1S/C26H22ClIN4O3/c1-14-23(25(33)30-19-13-21(34-2)17(27)12-22(19)35-3)24(15-7-6-8-16(28)11-15)32-20-10-5-4-9-18(20)31-26(32)29-14/h4-13,24H,1-3H3,(H,29,31)(H,30,33)/t24-/m0/s1. The minimum atomic E-state index is -0.395. The summed E-state index contributed by atoms with van der Waals surface area (Å²) in [4.78, 5) is 18.7. The molecule has 0 spiro atoms. The Kier molecular flexibility index (Phi) is 6.33. The fourth-order valence-corrected chi connectivity index (χ4v) is 5.20. The molecule has 1 aliphatic heterocycles. The second kappa shape index (κ2) is 9.43. The smallest absolute Gasteiger partial charge is 0.255 e. The minimum absolute atomic E-state index is 0.273. The van der Waals surface area contributed by atoms with Gasteiger partial charge in [0.05, 0.1) is 47.6 Å². The quantitative estimate of drug-likeness (QED) is 0.265. The Bertz CT molecular complexity index is 1500. The highest BCUT2D eigenvalue weighted by molar-refractivity contribution is 14.1. The average molecular weight is 601 g/mol. The zero-order valence-electron chi connectivity index (χ0n) is 19.2. The van der Waals surface area contributed by atoms with Gasteiger partial charge in [-0.3, -0.25) is 9.36 Å². The van der Waals surface area contributed by atoms with Crippen LogP contribution in [-0.4, -0.2) is 29.7 Å². The third kappa shape index (κ3) is 4.21. The molecule has 0 unspecified atom stereocenters. The van der Waals surface area contributed by atoms with Gasteiger partial charge in [-0.25, -0.2) is 4.98 Å². The van der Waals surface area contributed by atoms with Crippen molar-refractivity contribution in [1.82, 2.24) is 9.55 Å². The second-order valence-electron chi connectivity index (χ2n) is 8.06. The zero-order chi connectivity index (χ0) is 24.7. The number of nitrogens with zero attached hydrogens (tertiary/aromatic N) is 2. The Balaban J connectivity index is 1.65. The van der Waals surface area contributed by atoms with Crippen LogP contribution in [0.4, 0.5) is 11.6 Å².